The lowest BCUT2D eigenvalue weighted by Gasteiger charge is -2.26. The molecule has 1 heterocycles. The van der Waals surface area contributed by atoms with E-state index < -0.39 is 6.10 Å². The monoisotopic (exact) mass is 568 g/mol. The van der Waals surface area contributed by atoms with Crippen LogP contribution in [0.15, 0.2) is 24.3 Å². The Morgan fingerprint density at radius 2 is 1.74 bits per heavy atom. The Morgan fingerprint density at radius 1 is 0.974 bits per heavy atom. The molecule has 1 aliphatic carbocycles. The molecule has 0 N–H and O–H groups in total. The van der Waals surface area contributed by atoms with Gasteiger partial charge in [0.25, 0.3) is 0 Å². The summed E-state index contributed by atoms with van der Waals surface area (Å²) in [5.74, 6) is 0.174. The minimum absolute atomic E-state index is 0.128. The molecule has 1 aliphatic heterocycles. The first kappa shape index (κ1) is 33.1. The van der Waals surface area contributed by atoms with E-state index in [1.54, 1.807) is 13.8 Å². The molecular weight excluding hydrogens is 520 g/mol. The standard InChI is InChI=1S/C30H48O6S2/c1-5-6-7-8-9-11-16-24-25(28(38-23(3)32)21-27(24)37-22(2)31)17-12-10-13-18-26(30(33)34-4)36-29-19-14-15-20-35-29/h10-12,16,24-29H,5-9,13-15,17-21H2,1-4H3/b12-10-,16-11+/t24-,25-,26?,27+,28-,29?/m1/s1. The zero-order chi connectivity index (χ0) is 27.8. The first-order chi connectivity index (χ1) is 18.3. The van der Waals surface area contributed by atoms with E-state index in [-0.39, 0.29) is 44.8 Å². The maximum absolute atomic E-state index is 12.3. The minimum Gasteiger partial charge on any atom is -0.467 e. The fraction of sp³-hybridized carbons (Fsp3) is 0.767. The predicted molar refractivity (Wildman–Crippen MR) is 157 cm³/mol. The highest BCUT2D eigenvalue weighted by atomic mass is 32.2. The SMILES string of the molecule is CCCCCC/C=C/[C@@H]1[C@@H](C/C=C\CCC(OC2CCCCO2)C(=O)OC)[C@H](SC(C)=O)C[C@@H]1SC(C)=O. The van der Waals surface area contributed by atoms with Crippen LogP contribution in [0.4, 0.5) is 0 Å². The fourth-order valence-corrected chi connectivity index (χ4v) is 7.78. The van der Waals surface area contributed by atoms with Gasteiger partial charge in [-0.05, 0) is 69.6 Å². The fourth-order valence-electron chi connectivity index (χ4n) is 5.28. The van der Waals surface area contributed by atoms with Crippen LogP contribution in [0.5, 0.6) is 0 Å². The Morgan fingerprint density at radius 3 is 2.39 bits per heavy atom. The Kier molecular flexibility index (Phi) is 16.6. The number of carbonyl (C=O) groups excluding carboxylic acids is 3. The van der Waals surface area contributed by atoms with Crippen LogP contribution in [0.2, 0.25) is 0 Å². The number of allylic oxidation sites excluding steroid dienone is 4. The van der Waals surface area contributed by atoms with Crippen LogP contribution in [0.3, 0.4) is 0 Å². The van der Waals surface area contributed by atoms with Gasteiger partial charge in [0.05, 0.1) is 7.11 Å². The molecule has 0 spiro atoms. The van der Waals surface area contributed by atoms with E-state index in [0.29, 0.717) is 19.4 Å². The molecular formula is C30H48O6S2. The van der Waals surface area contributed by atoms with Gasteiger partial charge in [-0.1, -0.05) is 74.0 Å². The number of hydrogen-bond donors (Lipinski definition) is 0. The third kappa shape index (κ3) is 12.4. The van der Waals surface area contributed by atoms with Gasteiger partial charge in [0.2, 0.25) is 0 Å². The van der Waals surface area contributed by atoms with Crippen molar-refractivity contribution in [3.05, 3.63) is 24.3 Å². The van der Waals surface area contributed by atoms with Crippen molar-refractivity contribution in [2.75, 3.05) is 13.7 Å². The molecule has 216 valence electrons. The van der Waals surface area contributed by atoms with Crippen molar-refractivity contribution in [2.24, 2.45) is 11.8 Å². The molecule has 0 bridgehead atoms. The van der Waals surface area contributed by atoms with E-state index in [2.05, 4.69) is 31.2 Å². The van der Waals surface area contributed by atoms with Gasteiger partial charge in [0.1, 0.15) is 0 Å². The topological polar surface area (TPSA) is 78.9 Å². The van der Waals surface area contributed by atoms with Crippen molar-refractivity contribution in [2.45, 2.75) is 121 Å². The second kappa shape index (κ2) is 19.1. The summed E-state index contributed by atoms with van der Waals surface area (Å²) >= 11 is 2.85. The van der Waals surface area contributed by atoms with Gasteiger partial charge in [0, 0.05) is 31.0 Å². The number of hydrogen-bond acceptors (Lipinski definition) is 8. The third-order valence-electron chi connectivity index (χ3n) is 7.17. The molecule has 0 aromatic carbocycles. The van der Waals surface area contributed by atoms with Crippen molar-refractivity contribution < 1.29 is 28.6 Å². The van der Waals surface area contributed by atoms with Gasteiger partial charge >= 0.3 is 5.97 Å². The summed E-state index contributed by atoms with van der Waals surface area (Å²) in [5.41, 5.74) is 0. The Hall–Kier alpha value is -1.09. The van der Waals surface area contributed by atoms with Gasteiger partial charge in [-0.2, -0.15) is 0 Å². The quantitative estimate of drug-likeness (QED) is 0.109. The van der Waals surface area contributed by atoms with Crippen LogP contribution in [0, 0.1) is 11.8 Å². The van der Waals surface area contributed by atoms with Crippen LogP contribution in [0.1, 0.15) is 97.8 Å². The molecule has 8 heteroatoms. The molecule has 0 aromatic rings. The largest absolute Gasteiger partial charge is 0.467 e. The van der Waals surface area contributed by atoms with Crippen LogP contribution in [-0.2, 0) is 28.6 Å². The van der Waals surface area contributed by atoms with Gasteiger partial charge in [-0.25, -0.2) is 4.79 Å². The zero-order valence-corrected chi connectivity index (χ0v) is 25.4. The van der Waals surface area contributed by atoms with E-state index in [9.17, 15) is 14.4 Å². The van der Waals surface area contributed by atoms with E-state index >= 15 is 0 Å². The highest BCUT2D eigenvalue weighted by molar-refractivity contribution is 8.15. The summed E-state index contributed by atoms with van der Waals surface area (Å²) in [6, 6.07) is 0. The molecule has 38 heavy (non-hydrogen) atoms. The number of rotatable bonds is 16. The first-order valence-electron chi connectivity index (χ1n) is 14.4. The highest BCUT2D eigenvalue weighted by Gasteiger charge is 2.43. The number of methoxy groups -OCH3 is 1. The van der Waals surface area contributed by atoms with Crippen LogP contribution >= 0.6 is 23.5 Å². The van der Waals surface area contributed by atoms with E-state index in [1.807, 2.05) is 0 Å². The lowest BCUT2D eigenvalue weighted by Crippen LogP contribution is -2.33. The molecule has 0 amide bonds. The molecule has 2 rings (SSSR count). The van der Waals surface area contributed by atoms with Crippen LogP contribution < -0.4 is 0 Å². The Balaban J connectivity index is 2.01. The van der Waals surface area contributed by atoms with Crippen LogP contribution in [-0.4, -0.2) is 52.8 Å². The first-order valence-corrected chi connectivity index (χ1v) is 16.1. The van der Waals surface area contributed by atoms with Crippen LogP contribution in [0.25, 0.3) is 0 Å². The summed E-state index contributed by atoms with van der Waals surface area (Å²) in [4.78, 5) is 36.3. The lowest BCUT2D eigenvalue weighted by molar-refractivity contribution is -0.203. The van der Waals surface area contributed by atoms with Gasteiger partial charge in [0.15, 0.2) is 22.6 Å². The maximum atomic E-state index is 12.3. The zero-order valence-electron chi connectivity index (χ0n) is 23.7. The molecule has 0 radical (unpaired) electrons. The summed E-state index contributed by atoms with van der Waals surface area (Å²) in [5, 5.41) is 0.651. The minimum atomic E-state index is -0.639. The molecule has 1 saturated heterocycles. The molecule has 0 aromatic heterocycles. The summed E-state index contributed by atoms with van der Waals surface area (Å²) < 4.78 is 16.5. The molecule has 2 fully saturated rings. The predicted octanol–water partition coefficient (Wildman–Crippen LogP) is 7.26. The van der Waals surface area contributed by atoms with Crippen molar-refractivity contribution in [3.8, 4) is 0 Å². The summed E-state index contributed by atoms with van der Waals surface area (Å²) in [7, 11) is 1.39. The van der Waals surface area contributed by atoms with E-state index in [0.717, 1.165) is 38.5 Å². The van der Waals surface area contributed by atoms with Crippen molar-refractivity contribution in [1.29, 1.82) is 0 Å². The van der Waals surface area contributed by atoms with Crippen molar-refractivity contribution in [1.82, 2.24) is 0 Å². The number of carbonyl (C=O) groups is 3. The molecule has 2 unspecified atom stereocenters. The van der Waals surface area contributed by atoms with Gasteiger partial charge in [-0.3, -0.25) is 9.59 Å². The average molecular weight is 569 g/mol. The van der Waals surface area contributed by atoms with E-state index in [4.69, 9.17) is 14.2 Å². The molecule has 1 saturated carbocycles. The molecule has 6 atom stereocenters. The normalized spacial score (nSPS) is 26.7. The number of unbranched alkanes of at least 4 members (excludes halogenated alkanes) is 4. The average Bonchev–Trinajstić information content (AvgIpc) is 3.19. The number of thioether (sulfide) groups is 2. The Labute approximate surface area is 238 Å². The second-order valence-electron chi connectivity index (χ2n) is 10.3. The summed E-state index contributed by atoms with van der Waals surface area (Å²) in [6.07, 6.45) is 19.7. The van der Waals surface area contributed by atoms with E-state index in [1.165, 1.54) is 56.3 Å². The smallest absolute Gasteiger partial charge is 0.335 e. The second-order valence-corrected chi connectivity index (χ2v) is 13.1. The lowest BCUT2D eigenvalue weighted by atomic mass is 9.91. The maximum Gasteiger partial charge on any atom is 0.335 e. The molecule has 2 aliphatic rings. The number of ether oxygens (including phenoxy) is 3. The molecule has 6 nitrogen and oxygen atoms in total. The van der Waals surface area contributed by atoms with Crippen molar-refractivity contribution >= 4 is 39.7 Å². The number of esters is 1. The highest BCUT2D eigenvalue weighted by Crippen LogP contribution is 2.47. The van der Waals surface area contributed by atoms with Crippen molar-refractivity contribution in [3.63, 3.8) is 0 Å². The van der Waals surface area contributed by atoms with Gasteiger partial charge in [-0.15, -0.1) is 0 Å². The summed E-state index contributed by atoms with van der Waals surface area (Å²) in [6.45, 7) is 6.15. The Bertz CT molecular complexity index is 777. The van der Waals surface area contributed by atoms with Gasteiger partial charge < -0.3 is 14.2 Å². The third-order valence-corrected chi connectivity index (χ3v) is 9.49.